The number of nitrogens with zero attached hydrogens (tertiary/aromatic N) is 2. The van der Waals surface area contributed by atoms with Crippen LogP contribution in [-0.4, -0.2) is 40.0 Å². The molecule has 0 aliphatic carbocycles. The molecular formula is C16H18N4O4. The first-order valence-corrected chi connectivity index (χ1v) is 7.40. The molecule has 8 nitrogen and oxygen atoms in total. The Morgan fingerprint density at radius 3 is 2.38 bits per heavy atom. The van der Waals surface area contributed by atoms with E-state index < -0.39 is 24.0 Å². The molecule has 24 heavy (non-hydrogen) atoms. The zero-order valence-corrected chi connectivity index (χ0v) is 13.6. The number of amides is 3. The van der Waals surface area contributed by atoms with Crippen molar-refractivity contribution in [3.8, 4) is 0 Å². The fourth-order valence-electron chi connectivity index (χ4n) is 1.88. The number of aromatic nitrogens is 2. The third kappa shape index (κ3) is 4.48. The van der Waals surface area contributed by atoms with Gasteiger partial charge in [0.25, 0.3) is 5.91 Å². The molecule has 8 heteroatoms. The highest BCUT2D eigenvalue weighted by Crippen LogP contribution is 2.12. The van der Waals surface area contributed by atoms with Gasteiger partial charge in [-0.15, -0.1) is 0 Å². The summed E-state index contributed by atoms with van der Waals surface area (Å²) in [6.07, 6.45) is 1.95. The summed E-state index contributed by atoms with van der Waals surface area (Å²) in [4.78, 5) is 43.6. The largest absolute Gasteiger partial charge is 0.449 e. The van der Waals surface area contributed by atoms with Crippen molar-refractivity contribution < 1.29 is 19.1 Å². The zero-order valence-electron chi connectivity index (χ0n) is 13.6. The number of rotatable bonds is 4. The number of ether oxygens (including phenoxy) is 1. The van der Waals surface area contributed by atoms with Gasteiger partial charge in [-0.1, -0.05) is 0 Å². The highest BCUT2D eigenvalue weighted by atomic mass is 16.5. The summed E-state index contributed by atoms with van der Waals surface area (Å²) in [5.74, 6) is -1.39. The summed E-state index contributed by atoms with van der Waals surface area (Å²) in [6, 6.07) is 3.95. The van der Waals surface area contributed by atoms with Crippen LogP contribution in [0.3, 0.4) is 0 Å². The Labute approximate surface area is 138 Å². The highest BCUT2D eigenvalue weighted by Gasteiger charge is 2.21. The molecule has 0 unspecified atom stereocenters. The van der Waals surface area contributed by atoms with Crippen LogP contribution in [0.2, 0.25) is 0 Å². The lowest BCUT2D eigenvalue weighted by Crippen LogP contribution is -2.46. The van der Waals surface area contributed by atoms with Crippen LogP contribution in [0.25, 0.3) is 11.0 Å². The fraction of sp³-hybridized carbons (Fsp3) is 0.312. The third-order valence-corrected chi connectivity index (χ3v) is 3.01. The molecule has 1 aromatic heterocycles. The maximum absolute atomic E-state index is 12.1. The van der Waals surface area contributed by atoms with Crippen molar-refractivity contribution in [3.05, 3.63) is 36.2 Å². The Balaban J connectivity index is 1.99. The maximum Gasteiger partial charge on any atom is 0.338 e. The van der Waals surface area contributed by atoms with Crippen molar-refractivity contribution in [2.24, 2.45) is 0 Å². The molecule has 0 aliphatic heterocycles. The maximum atomic E-state index is 12.1. The molecule has 3 amide bonds. The van der Waals surface area contributed by atoms with Gasteiger partial charge in [0.2, 0.25) is 0 Å². The van der Waals surface area contributed by atoms with Gasteiger partial charge in [-0.05, 0) is 39.0 Å². The molecule has 2 rings (SSSR count). The predicted molar refractivity (Wildman–Crippen MR) is 86.2 cm³/mol. The van der Waals surface area contributed by atoms with E-state index in [1.807, 2.05) is 0 Å². The SMILES string of the molecule is CC(C)NC(=O)NC(=O)[C@H](C)OC(=O)c1ccc2nccnc2c1. The standard InChI is InChI=1S/C16H18N4O4/c1-9(2)19-16(23)20-14(21)10(3)24-15(22)11-4-5-12-13(8-11)18-7-6-17-12/h4-10H,1-3H3,(H2,19,20,21,23)/t10-/m0/s1. The summed E-state index contributed by atoms with van der Waals surface area (Å²) in [5.41, 5.74) is 1.43. The molecule has 2 aromatic rings. The predicted octanol–water partition coefficient (Wildman–Crippen LogP) is 1.41. The molecular weight excluding hydrogens is 312 g/mol. The minimum Gasteiger partial charge on any atom is -0.449 e. The van der Waals surface area contributed by atoms with Gasteiger partial charge in [-0.2, -0.15) is 0 Å². The number of hydrogen-bond acceptors (Lipinski definition) is 6. The second-order valence-electron chi connectivity index (χ2n) is 5.42. The normalized spacial score (nSPS) is 11.8. The van der Waals surface area contributed by atoms with E-state index in [2.05, 4.69) is 20.6 Å². The average molecular weight is 330 g/mol. The first-order chi connectivity index (χ1) is 11.4. The van der Waals surface area contributed by atoms with Crippen LogP contribution in [0.1, 0.15) is 31.1 Å². The van der Waals surface area contributed by atoms with Gasteiger partial charge < -0.3 is 10.1 Å². The van der Waals surface area contributed by atoms with Gasteiger partial charge in [0.05, 0.1) is 16.6 Å². The van der Waals surface area contributed by atoms with E-state index in [1.165, 1.54) is 25.3 Å². The van der Waals surface area contributed by atoms with Crippen LogP contribution < -0.4 is 10.6 Å². The van der Waals surface area contributed by atoms with E-state index in [4.69, 9.17) is 4.74 Å². The van der Waals surface area contributed by atoms with E-state index >= 15 is 0 Å². The minimum atomic E-state index is -1.12. The second-order valence-corrected chi connectivity index (χ2v) is 5.42. The lowest BCUT2D eigenvalue weighted by atomic mass is 10.2. The lowest BCUT2D eigenvalue weighted by Gasteiger charge is -2.14. The number of benzene rings is 1. The van der Waals surface area contributed by atoms with Gasteiger partial charge in [0.15, 0.2) is 6.10 Å². The monoisotopic (exact) mass is 330 g/mol. The number of nitrogens with one attached hydrogen (secondary N) is 2. The number of hydrogen-bond donors (Lipinski definition) is 2. The molecule has 0 saturated heterocycles. The van der Waals surface area contributed by atoms with Crippen LogP contribution in [0.15, 0.2) is 30.6 Å². The van der Waals surface area contributed by atoms with Crippen molar-refractivity contribution in [3.63, 3.8) is 0 Å². The van der Waals surface area contributed by atoms with Crippen LogP contribution in [0.5, 0.6) is 0 Å². The summed E-state index contributed by atoms with van der Waals surface area (Å²) < 4.78 is 5.07. The number of carbonyl (C=O) groups is 3. The second kappa shape index (κ2) is 7.49. The fourth-order valence-corrected chi connectivity index (χ4v) is 1.88. The van der Waals surface area contributed by atoms with Crippen LogP contribution in [0, 0.1) is 0 Å². The third-order valence-electron chi connectivity index (χ3n) is 3.01. The summed E-state index contributed by atoms with van der Waals surface area (Å²) >= 11 is 0. The van der Waals surface area contributed by atoms with Gasteiger partial charge in [0, 0.05) is 18.4 Å². The van der Waals surface area contributed by atoms with Gasteiger partial charge >= 0.3 is 12.0 Å². The van der Waals surface area contributed by atoms with Crippen molar-refractivity contribution in [2.75, 3.05) is 0 Å². The van der Waals surface area contributed by atoms with E-state index in [0.717, 1.165) is 0 Å². The highest BCUT2D eigenvalue weighted by molar-refractivity contribution is 5.99. The van der Waals surface area contributed by atoms with Crippen molar-refractivity contribution >= 4 is 28.9 Å². The molecule has 1 atom stereocenters. The lowest BCUT2D eigenvalue weighted by molar-refractivity contribution is -0.127. The summed E-state index contributed by atoms with van der Waals surface area (Å²) in [6.45, 7) is 4.91. The van der Waals surface area contributed by atoms with E-state index in [-0.39, 0.29) is 11.6 Å². The topological polar surface area (TPSA) is 110 Å². The Morgan fingerprint density at radius 1 is 1.04 bits per heavy atom. The smallest absolute Gasteiger partial charge is 0.338 e. The van der Waals surface area contributed by atoms with E-state index in [0.29, 0.717) is 11.0 Å². The Hall–Kier alpha value is -3.03. The van der Waals surface area contributed by atoms with E-state index in [1.54, 1.807) is 26.1 Å². The number of esters is 1. The average Bonchev–Trinajstić information content (AvgIpc) is 2.53. The Kier molecular flexibility index (Phi) is 5.41. The minimum absolute atomic E-state index is 0.116. The van der Waals surface area contributed by atoms with Crippen LogP contribution >= 0.6 is 0 Å². The first kappa shape index (κ1) is 17.3. The molecule has 1 aromatic carbocycles. The number of urea groups is 1. The first-order valence-electron chi connectivity index (χ1n) is 7.40. The van der Waals surface area contributed by atoms with Gasteiger partial charge in [-0.3, -0.25) is 20.1 Å². The summed E-state index contributed by atoms with van der Waals surface area (Å²) in [5, 5.41) is 4.62. The molecule has 0 aliphatic rings. The molecule has 2 N–H and O–H groups in total. The number of fused-ring (bicyclic) bond motifs is 1. The zero-order chi connectivity index (χ0) is 17.7. The van der Waals surface area contributed by atoms with Crippen LogP contribution in [-0.2, 0) is 9.53 Å². The summed E-state index contributed by atoms with van der Waals surface area (Å²) in [7, 11) is 0. The molecule has 0 fully saturated rings. The van der Waals surface area contributed by atoms with E-state index in [9.17, 15) is 14.4 Å². The molecule has 1 heterocycles. The van der Waals surface area contributed by atoms with Gasteiger partial charge in [0.1, 0.15) is 0 Å². The Bertz CT molecular complexity index is 776. The van der Waals surface area contributed by atoms with Gasteiger partial charge in [-0.25, -0.2) is 9.59 Å². The number of imide groups is 1. The van der Waals surface area contributed by atoms with Crippen LogP contribution in [0.4, 0.5) is 4.79 Å². The molecule has 0 saturated carbocycles. The molecule has 0 radical (unpaired) electrons. The quantitative estimate of drug-likeness (QED) is 0.820. The van der Waals surface area contributed by atoms with Crippen molar-refractivity contribution in [1.29, 1.82) is 0 Å². The van der Waals surface area contributed by atoms with Crippen molar-refractivity contribution in [2.45, 2.75) is 32.9 Å². The molecule has 0 bridgehead atoms. The number of carbonyl (C=O) groups excluding carboxylic acids is 3. The molecule has 0 spiro atoms. The molecule has 126 valence electrons. The Morgan fingerprint density at radius 2 is 1.71 bits per heavy atom. The van der Waals surface area contributed by atoms with Crippen molar-refractivity contribution in [1.82, 2.24) is 20.6 Å².